The molecular formula is C22H21NO2. The fourth-order valence-corrected chi connectivity index (χ4v) is 3.00. The number of benzene rings is 3. The smallest absolute Gasteiger partial charge is 0.227 e. The lowest BCUT2D eigenvalue weighted by atomic mass is 9.87. The number of methoxy groups -OCH3 is 1. The van der Waals surface area contributed by atoms with Gasteiger partial charge in [0.05, 0.1) is 7.11 Å². The van der Waals surface area contributed by atoms with Crippen LogP contribution in [0.25, 0.3) is 33.3 Å². The Balaban J connectivity index is 1.79. The number of aromatic nitrogens is 1. The lowest BCUT2D eigenvalue weighted by Gasteiger charge is -2.18. The highest BCUT2D eigenvalue weighted by atomic mass is 16.5. The van der Waals surface area contributed by atoms with Crippen molar-refractivity contribution in [2.24, 2.45) is 0 Å². The van der Waals surface area contributed by atoms with Crippen LogP contribution in [0, 0.1) is 0 Å². The normalized spacial score (nSPS) is 12.0. The van der Waals surface area contributed by atoms with Crippen molar-refractivity contribution < 1.29 is 9.15 Å². The van der Waals surface area contributed by atoms with E-state index < -0.39 is 0 Å². The molecule has 0 atom stereocenters. The Bertz CT molecular complexity index is 1070. The van der Waals surface area contributed by atoms with E-state index in [1.807, 2.05) is 24.3 Å². The molecule has 0 saturated carbocycles. The summed E-state index contributed by atoms with van der Waals surface area (Å²) in [5.41, 5.74) is 4.04. The molecule has 126 valence electrons. The highest BCUT2D eigenvalue weighted by Gasteiger charge is 2.16. The number of ether oxygens (including phenoxy) is 1. The minimum atomic E-state index is 0.0926. The molecule has 0 aliphatic heterocycles. The number of oxazole rings is 1. The highest BCUT2D eigenvalue weighted by molar-refractivity contribution is 5.88. The molecule has 25 heavy (non-hydrogen) atoms. The molecule has 4 aromatic rings. The first-order chi connectivity index (χ1) is 11.9. The zero-order valence-corrected chi connectivity index (χ0v) is 15.0. The van der Waals surface area contributed by atoms with Gasteiger partial charge in [-0.1, -0.05) is 39.0 Å². The first kappa shape index (κ1) is 15.7. The molecule has 0 unspecified atom stereocenters. The van der Waals surface area contributed by atoms with Gasteiger partial charge in [-0.2, -0.15) is 0 Å². The molecule has 1 aromatic heterocycles. The van der Waals surface area contributed by atoms with Crippen molar-refractivity contribution in [3.8, 4) is 17.2 Å². The van der Waals surface area contributed by atoms with Crippen molar-refractivity contribution in [2.45, 2.75) is 26.2 Å². The molecule has 0 saturated heterocycles. The maximum Gasteiger partial charge on any atom is 0.227 e. The van der Waals surface area contributed by atoms with Crippen molar-refractivity contribution >= 4 is 21.9 Å². The molecule has 4 rings (SSSR count). The molecule has 0 amide bonds. The third-order valence-corrected chi connectivity index (χ3v) is 4.55. The van der Waals surface area contributed by atoms with E-state index in [1.54, 1.807) is 7.11 Å². The summed E-state index contributed by atoms with van der Waals surface area (Å²) >= 11 is 0. The molecule has 0 N–H and O–H groups in total. The predicted octanol–water partition coefficient (Wildman–Crippen LogP) is 5.95. The van der Waals surface area contributed by atoms with E-state index in [1.165, 1.54) is 5.56 Å². The Morgan fingerprint density at radius 1 is 0.880 bits per heavy atom. The van der Waals surface area contributed by atoms with Gasteiger partial charge < -0.3 is 9.15 Å². The summed E-state index contributed by atoms with van der Waals surface area (Å²) in [5.74, 6) is 1.51. The van der Waals surface area contributed by atoms with Gasteiger partial charge in [0.25, 0.3) is 0 Å². The maximum atomic E-state index is 5.98. The number of nitrogens with zero attached hydrogens (tertiary/aromatic N) is 1. The van der Waals surface area contributed by atoms with Crippen LogP contribution in [0.4, 0.5) is 0 Å². The lowest BCUT2D eigenvalue weighted by Crippen LogP contribution is -2.10. The summed E-state index contributed by atoms with van der Waals surface area (Å²) in [6, 6.07) is 18.5. The molecule has 0 spiro atoms. The molecule has 3 aromatic carbocycles. The quantitative estimate of drug-likeness (QED) is 0.455. The van der Waals surface area contributed by atoms with Gasteiger partial charge in [0.2, 0.25) is 5.89 Å². The van der Waals surface area contributed by atoms with Gasteiger partial charge in [-0.15, -0.1) is 0 Å². The third-order valence-electron chi connectivity index (χ3n) is 4.55. The second-order valence-corrected chi connectivity index (χ2v) is 7.38. The Morgan fingerprint density at radius 3 is 2.40 bits per heavy atom. The Kier molecular flexibility index (Phi) is 3.53. The van der Waals surface area contributed by atoms with Crippen molar-refractivity contribution in [1.82, 2.24) is 4.98 Å². The SMILES string of the molecule is COc1ccc2cc(-c3nc4cc(C(C)(C)C)ccc4o3)ccc2c1. The zero-order valence-electron chi connectivity index (χ0n) is 15.0. The Morgan fingerprint density at radius 2 is 1.64 bits per heavy atom. The molecule has 0 aliphatic rings. The molecule has 0 aliphatic carbocycles. The van der Waals surface area contributed by atoms with E-state index in [9.17, 15) is 0 Å². The van der Waals surface area contributed by atoms with Crippen LogP contribution in [-0.2, 0) is 5.41 Å². The topological polar surface area (TPSA) is 35.3 Å². The summed E-state index contributed by atoms with van der Waals surface area (Å²) in [5, 5.41) is 2.27. The van der Waals surface area contributed by atoms with Gasteiger partial charge in [0.1, 0.15) is 11.3 Å². The van der Waals surface area contributed by atoms with Crippen LogP contribution in [0.5, 0.6) is 5.75 Å². The van der Waals surface area contributed by atoms with E-state index in [-0.39, 0.29) is 5.41 Å². The van der Waals surface area contributed by atoms with E-state index >= 15 is 0 Å². The molecular weight excluding hydrogens is 310 g/mol. The van der Waals surface area contributed by atoms with Crippen LogP contribution in [0.15, 0.2) is 59.0 Å². The van der Waals surface area contributed by atoms with E-state index in [2.05, 4.69) is 51.1 Å². The van der Waals surface area contributed by atoms with E-state index in [0.717, 1.165) is 33.2 Å². The molecule has 0 fully saturated rings. The first-order valence-electron chi connectivity index (χ1n) is 8.43. The number of hydrogen-bond acceptors (Lipinski definition) is 3. The summed E-state index contributed by atoms with van der Waals surface area (Å²) in [4.78, 5) is 4.71. The summed E-state index contributed by atoms with van der Waals surface area (Å²) < 4.78 is 11.3. The zero-order chi connectivity index (χ0) is 17.6. The van der Waals surface area contributed by atoms with Gasteiger partial charge in [-0.25, -0.2) is 4.98 Å². The Hall–Kier alpha value is -2.81. The molecule has 1 heterocycles. The molecule has 3 nitrogen and oxygen atoms in total. The number of rotatable bonds is 2. The number of hydrogen-bond donors (Lipinski definition) is 0. The monoisotopic (exact) mass is 331 g/mol. The summed E-state index contributed by atoms with van der Waals surface area (Å²) in [6.07, 6.45) is 0. The van der Waals surface area contributed by atoms with Crippen molar-refractivity contribution in [3.63, 3.8) is 0 Å². The first-order valence-corrected chi connectivity index (χ1v) is 8.43. The van der Waals surface area contributed by atoms with E-state index in [0.29, 0.717) is 5.89 Å². The van der Waals surface area contributed by atoms with Crippen molar-refractivity contribution in [1.29, 1.82) is 0 Å². The second-order valence-electron chi connectivity index (χ2n) is 7.38. The van der Waals surface area contributed by atoms with Crippen LogP contribution in [-0.4, -0.2) is 12.1 Å². The standard InChI is InChI=1S/C22H21NO2/c1-22(2,3)17-8-10-20-19(13-17)23-21(25-20)16-6-5-15-12-18(24-4)9-7-14(15)11-16/h5-13H,1-4H3. The molecule has 0 bridgehead atoms. The maximum absolute atomic E-state index is 5.98. The van der Waals surface area contributed by atoms with Gasteiger partial charge in [0.15, 0.2) is 5.58 Å². The van der Waals surface area contributed by atoms with Crippen LogP contribution in [0.2, 0.25) is 0 Å². The molecule has 0 radical (unpaired) electrons. The lowest BCUT2D eigenvalue weighted by molar-refractivity contribution is 0.415. The van der Waals surface area contributed by atoms with Crippen LogP contribution >= 0.6 is 0 Å². The summed E-state index contributed by atoms with van der Waals surface area (Å²) in [7, 11) is 1.68. The summed E-state index contributed by atoms with van der Waals surface area (Å²) in [6.45, 7) is 6.60. The fraction of sp³-hybridized carbons (Fsp3) is 0.227. The van der Waals surface area contributed by atoms with Gasteiger partial charge in [-0.05, 0) is 58.1 Å². The minimum Gasteiger partial charge on any atom is -0.497 e. The van der Waals surface area contributed by atoms with Crippen LogP contribution < -0.4 is 4.74 Å². The largest absolute Gasteiger partial charge is 0.497 e. The van der Waals surface area contributed by atoms with Crippen LogP contribution in [0.3, 0.4) is 0 Å². The third kappa shape index (κ3) is 2.86. The van der Waals surface area contributed by atoms with Crippen molar-refractivity contribution in [3.05, 3.63) is 60.2 Å². The minimum absolute atomic E-state index is 0.0926. The highest BCUT2D eigenvalue weighted by Crippen LogP contribution is 2.31. The average Bonchev–Trinajstić information content (AvgIpc) is 3.03. The van der Waals surface area contributed by atoms with Gasteiger partial charge in [-0.3, -0.25) is 0 Å². The van der Waals surface area contributed by atoms with Gasteiger partial charge >= 0.3 is 0 Å². The van der Waals surface area contributed by atoms with E-state index in [4.69, 9.17) is 14.1 Å². The average molecular weight is 331 g/mol. The number of fused-ring (bicyclic) bond motifs is 2. The fourth-order valence-electron chi connectivity index (χ4n) is 3.00. The van der Waals surface area contributed by atoms with Gasteiger partial charge in [0, 0.05) is 5.56 Å². The predicted molar refractivity (Wildman–Crippen MR) is 102 cm³/mol. The molecule has 3 heteroatoms. The Labute approximate surface area is 147 Å². The van der Waals surface area contributed by atoms with Crippen LogP contribution in [0.1, 0.15) is 26.3 Å². The van der Waals surface area contributed by atoms with Crippen molar-refractivity contribution in [2.75, 3.05) is 7.11 Å². The second kappa shape index (κ2) is 5.62.